The number of likely N-dealkylation sites (tertiary alicyclic amines) is 1. The van der Waals surface area contributed by atoms with Gasteiger partial charge in [0.25, 0.3) is 5.91 Å². The molecule has 4 aromatic rings. The lowest BCUT2D eigenvalue weighted by Crippen LogP contribution is -2.70. The van der Waals surface area contributed by atoms with E-state index in [9.17, 15) is 24.3 Å². The molecule has 2 aliphatic heterocycles. The maximum Gasteiger partial charge on any atom is 0.340 e. The van der Waals surface area contributed by atoms with Crippen molar-refractivity contribution in [3.05, 3.63) is 88.1 Å². The second-order valence-electron chi connectivity index (χ2n) is 21.8. The van der Waals surface area contributed by atoms with E-state index in [1.807, 2.05) is 77.4 Å². The first-order valence-electron chi connectivity index (χ1n) is 24.5. The quantitative estimate of drug-likeness (QED) is 0.0795. The van der Waals surface area contributed by atoms with E-state index < -0.39 is 58.4 Å². The fourth-order valence-electron chi connectivity index (χ4n) is 10.9. The average Bonchev–Trinajstić information content (AvgIpc) is 3.94. The minimum atomic E-state index is -1.20. The number of halogens is 1. The number of nitrogens with one attached hydrogen (secondary N) is 1. The molecule has 2 saturated heterocycles. The molecule has 18 heteroatoms. The van der Waals surface area contributed by atoms with E-state index >= 15 is 0 Å². The number of β-amino-alcohol motifs (C(OH)–C–C–N with tert-alkyl or cyclic N) is 1. The first-order chi connectivity index (χ1) is 33.5. The molecule has 4 aliphatic rings. The van der Waals surface area contributed by atoms with Gasteiger partial charge in [0.1, 0.15) is 36.4 Å². The van der Waals surface area contributed by atoms with Crippen molar-refractivity contribution in [3.63, 3.8) is 0 Å². The van der Waals surface area contributed by atoms with Gasteiger partial charge in [0.2, 0.25) is 5.91 Å². The van der Waals surface area contributed by atoms with Gasteiger partial charge in [0.05, 0.1) is 50.6 Å². The highest BCUT2D eigenvalue weighted by Crippen LogP contribution is 2.57. The number of nitrogens with zero attached hydrogens (tertiary/aromatic N) is 5. The topological polar surface area (TPSA) is 199 Å². The van der Waals surface area contributed by atoms with Crippen molar-refractivity contribution >= 4 is 58.2 Å². The van der Waals surface area contributed by atoms with Crippen LogP contribution in [-0.2, 0) is 28.6 Å². The number of carbonyl (C=O) groups is 4. The van der Waals surface area contributed by atoms with Crippen molar-refractivity contribution in [1.29, 1.82) is 0 Å². The van der Waals surface area contributed by atoms with Crippen LogP contribution in [0.1, 0.15) is 102 Å². The average molecular weight is 1010 g/mol. The fourth-order valence-corrected chi connectivity index (χ4v) is 11.9. The summed E-state index contributed by atoms with van der Waals surface area (Å²) in [6.45, 7) is 20.2. The first kappa shape index (κ1) is 52.0. The highest BCUT2D eigenvalue weighted by molar-refractivity contribution is 7.13. The molecule has 4 atom stereocenters. The van der Waals surface area contributed by atoms with Gasteiger partial charge in [-0.15, -0.1) is 11.3 Å². The van der Waals surface area contributed by atoms with Gasteiger partial charge in [0.15, 0.2) is 6.10 Å². The molecule has 0 bridgehead atoms. The third-order valence-electron chi connectivity index (χ3n) is 14.7. The minimum absolute atomic E-state index is 0.0496. The summed E-state index contributed by atoms with van der Waals surface area (Å²) in [4.78, 5) is 70.5. The van der Waals surface area contributed by atoms with Crippen LogP contribution in [0.15, 0.2) is 66.3 Å². The number of esters is 2. The Bertz CT molecular complexity index is 2560. The maximum atomic E-state index is 14.1. The van der Waals surface area contributed by atoms with Crippen LogP contribution in [0.5, 0.6) is 5.75 Å². The number of aliphatic hydroxyl groups is 1. The van der Waals surface area contributed by atoms with Crippen molar-refractivity contribution in [2.45, 2.75) is 130 Å². The second kappa shape index (κ2) is 20.7. The minimum Gasteiger partial charge on any atom is -0.489 e. The van der Waals surface area contributed by atoms with E-state index in [-0.39, 0.29) is 43.7 Å². The van der Waals surface area contributed by atoms with Gasteiger partial charge in [-0.2, -0.15) is 0 Å². The number of thiazole rings is 1. The number of benzene rings is 2. The zero-order valence-corrected chi connectivity index (χ0v) is 43.7. The van der Waals surface area contributed by atoms with Crippen molar-refractivity contribution in [2.24, 2.45) is 16.2 Å². The van der Waals surface area contributed by atoms with Crippen LogP contribution in [0.3, 0.4) is 0 Å². The Labute approximate surface area is 425 Å². The smallest absolute Gasteiger partial charge is 0.340 e. The normalized spacial score (nSPS) is 24.8. The summed E-state index contributed by atoms with van der Waals surface area (Å²) >= 11 is 7.80. The molecule has 2 aliphatic carbocycles. The summed E-state index contributed by atoms with van der Waals surface area (Å²) in [7, 11) is 0. The molecule has 71 heavy (non-hydrogen) atoms. The highest BCUT2D eigenvalue weighted by atomic mass is 35.5. The molecule has 2 amide bonds. The lowest BCUT2D eigenvalue weighted by atomic mass is 9.51. The lowest BCUT2D eigenvalue weighted by molar-refractivity contribution is -0.236. The Morgan fingerprint density at radius 2 is 1.63 bits per heavy atom. The molecular weight excluding hydrogens is 946 g/mol. The van der Waals surface area contributed by atoms with E-state index in [0.717, 1.165) is 66.5 Å². The largest absolute Gasteiger partial charge is 0.489 e. The Morgan fingerprint density at radius 3 is 2.24 bits per heavy atom. The van der Waals surface area contributed by atoms with Crippen LogP contribution in [0.2, 0.25) is 5.02 Å². The van der Waals surface area contributed by atoms with Crippen molar-refractivity contribution in [2.75, 3.05) is 50.0 Å². The van der Waals surface area contributed by atoms with Gasteiger partial charge in [-0.05, 0) is 62.1 Å². The maximum absolute atomic E-state index is 14.1. The SMILES string of the molecule is Cc1ncsc1-c1ccc([C@H](C)NC(=O)[C@H]2C[C@@H](O)CN2C(=O)[C@@H](OC(=O)COC2CC(N3CCN(c4ccc(C(=O)OC5C(C)(C)C(Oc6ccc(N)c(Cl)c6)C5(C)C)cn4)CC3)C2)C(C)(C)C)cc1. The predicted molar refractivity (Wildman–Crippen MR) is 272 cm³/mol. The van der Waals surface area contributed by atoms with Crippen LogP contribution in [0.4, 0.5) is 11.5 Å². The number of carbonyl (C=O) groups excluding carboxylic acids is 4. The lowest BCUT2D eigenvalue weighted by Gasteiger charge is -2.61. The number of aromatic nitrogens is 2. The summed E-state index contributed by atoms with van der Waals surface area (Å²) < 4.78 is 24.3. The number of nitrogen functional groups attached to an aromatic ring is 1. The first-order valence-corrected chi connectivity index (χ1v) is 25.7. The van der Waals surface area contributed by atoms with Crippen LogP contribution in [0.25, 0.3) is 10.4 Å². The number of anilines is 2. The molecule has 0 radical (unpaired) electrons. The van der Waals surface area contributed by atoms with Gasteiger partial charge in [-0.1, -0.05) is 84.3 Å². The number of amides is 2. The van der Waals surface area contributed by atoms with E-state index in [0.29, 0.717) is 28.1 Å². The molecule has 0 spiro atoms. The predicted octanol–water partition coefficient (Wildman–Crippen LogP) is 7.25. The Hall–Kier alpha value is -5.33. The third kappa shape index (κ3) is 11.2. The van der Waals surface area contributed by atoms with Crippen molar-refractivity contribution < 1.29 is 43.2 Å². The number of piperazine rings is 1. The molecule has 2 aromatic heterocycles. The summed E-state index contributed by atoms with van der Waals surface area (Å²) in [6.07, 6.45) is 0.307. The zero-order valence-electron chi connectivity index (χ0n) is 42.1. The number of ether oxygens (including phenoxy) is 4. The Morgan fingerprint density at radius 1 is 0.944 bits per heavy atom. The number of hydrogen-bond donors (Lipinski definition) is 3. The van der Waals surface area contributed by atoms with Crippen LogP contribution in [-0.4, -0.2) is 131 Å². The molecule has 382 valence electrons. The van der Waals surface area contributed by atoms with Crippen LogP contribution in [0, 0.1) is 23.2 Å². The van der Waals surface area contributed by atoms with Gasteiger partial charge in [-0.3, -0.25) is 14.5 Å². The van der Waals surface area contributed by atoms with E-state index in [1.165, 1.54) is 4.90 Å². The third-order valence-corrected chi connectivity index (χ3v) is 16.0. The van der Waals surface area contributed by atoms with E-state index in [1.54, 1.807) is 62.6 Å². The number of nitrogens with two attached hydrogens (primary N) is 1. The van der Waals surface area contributed by atoms with Crippen LogP contribution >= 0.6 is 22.9 Å². The number of aryl methyl sites for hydroxylation is 1. The van der Waals surface area contributed by atoms with Crippen molar-refractivity contribution in [1.82, 2.24) is 25.1 Å². The highest BCUT2D eigenvalue weighted by Gasteiger charge is 2.66. The van der Waals surface area contributed by atoms with E-state index in [4.69, 9.17) is 36.3 Å². The standard InChI is InChI=1S/C53H68ClN7O9S/c1-30(32-10-12-33(13-11-32)44-31(2)57-29-71-44)58-46(64)41-24-36(62)27-61(41)47(65)45(51(3,4)5)69-43(63)28-67-38-22-35(23-38)59-18-20-60(21-19-59)42-17-14-34(26-56-42)48(66)70-50-52(6,7)49(53(50,8)9)68-37-15-16-40(55)39(54)25-37/h10-17,25-26,29-30,35-36,38,41,45,49-50,62H,18-24,27-28,55H2,1-9H3,(H,58,64)/t30-,35?,36+,38?,41+,45+,49?,50?/m0/s1. The molecular formula is C53H68ClN7O9S. The zero-order chi connectivity index (χ0) is 51.2. The number of hydrogen-bond acceptors (Lipinski definition) is 15. The Balaban J connectivity index is 0.759. The van der Waals surface area contributed by atoms with Gasteiger partial charge in [-0.25, -0.2) is 19.6 Å². The monoisotopic (exact) mass is 1010 g/mol. The van der Waals surface area contributed by atoms with E-state index in [2.05, 4.69) is 25.1 Å². The summed E-state index contributed by atoms with van der Waals surface area (Å²) in [5, 5.41) is 14.1. The molecule has 2 aromatic carbocycles. The molecule has 4 heterocycles. The number of pyridine rings is 1. The molecule has 2 saturated carbocycles. The van der Waals surface area contributed by atoms with Gasteiger partial charge >= 0.3 is 11.9 Å². The molecule has 0 unspecified atom stereocenters. The molecule has 4 N–H and O–H groups in total. The fraction of sp³-hybridized carbons (Fsp3) is 0.547. The number of aliphatic hydroxyl groups excluding tert-OH is 1. The van der Waals surface area contributed by atoms with Crippen LogP contribution < -0.4 is 20.7 Å². The molecule has 16 nitrogen and oxygen atoms in total. The molecule has 8 rings (SSSR count). The molecule has 4 fully saturated rings. The Kier molecular flexibility index (Phi) is 15.1. The summed E-state index contributed by atoms with van der Waals surface area (Å²) in [6, 6.07) is 15.8. The van der Waals surface area contributed by atoms with Gasteiger partial charge in [0, 0.05) is 73.7 Å². The second-order valence-corrected chi connectivity index (χ2v) is 23.1. The summed E-state index contributed by atoms with van der Waals surface area (Å²) in [5.41, 5.74) is 9.70. The summed E-state index contributed by atoms with van der Waals surface area (Å²) in [5.74, 6) is -0.621. The number of rotatable bonds is 15. The van der Waals surface area contributed by atoms with Crippen molar-refractivity contribution in [3.8, 4) is 16.2 Å². The van der Waals surface area contributed by atoms with Gasteiger partial charge < -0.3 is 44.9 Å².